The zero-order valence-corrected chi connectivity index (χ0v) is 18.7. The number of nitrogens with one attached hydrogen (secondary N) is 2. The summed E-state index contributed by atoms with van der Waals surface area (Å²) in [6, 6.07) is 16.6. The fourth-order valence-electron chi connectivity index (χ4n) is 2.50. The molecule has 0 bridgehead atoms. The molecule has 0 spiro atoms. The number of amides is 2. The van der Waals surface area contributed by atoms with Gasteiger partial charge in [-0.25, -0.2) is 17.9 Å². The highest BCUT2D eigenvalue weighted by Crippen LogP contribution is 2.20. The first-order valence-electron chi connectivity index (χ1n) is 9.23. The number of sulfonamides is 1. The molecule has 0 fully saturated rings. The van der Waals surface area contributed by atoms with Crippen LogP contribution in [0.3, 0.4) is 0 Å². The molecule has 3 rings (SSSR count). The summed E-state index contributed by atoms with van der Waals surface area (Å²) in [7, 11) is -8.42. The lowest BCUT2D eigenvalue weighted by Crippen LogP contribution is -2.34. The van der Waals surface area contributed by atoms with Crippen molar-refractivity contribution in [3.05, 3.63) is 83.9 Å². The van der Waals surface area contributed by atoms with Gasteiger partial charge < -0.3 is 13.7 Å². The molecule has 0 aliphatic carbocycles. The summed E-state index contributed by atoms with van der Waals surface area (Å²) in [5.74, 6) is 0.0377. The first-order chi connectivity index (χ1) is 15.0. The Balaban J connectivity index is 1.59. The number of hydrogen-bond acceptors (Lipinski definition) is 7. The van der Waals surface area contributed by atoms with E-state index in [0.29, 0.717) is 0 Å². The largest absolute Gasteiger partial charge is 0.500 e. The second-order valence-electron chi connectivity index (χ2n) is 6.79. The van der Waals surface area contributed by atoms with E-state index in [1.165, 1.54) is 48.5 Å². The van der Waals surface area contributed by atoms with Gasteiger partial charge in [-0.2, -0.15) is 0 Å². The van der Waals surface area contributed by atoms with Gasteiger partial charge >= 0.3 is 16.4 Å². The van der Waals surface area contributed by atoms with Crippen molar-refractivity contribution in [2.45, 2.75) is 18.7 Å². The smallest absolute Gasteiger partial charge is 0.353 e. The van der Waals surface area contributed by atoms with Crippen LogP contribution in [0.25, 0.3) is 0 Å². The highest BCUT2D eigenvalue weighted by Gasteiger charge is 2.18. The third kappa shape index (κ3) is 6.46. The molecule has 0 heterocycles. The molecule has 0 unspecified atom stereocenters. The van der Waals surface area contributed by atoms with Crippen molar-refractivity contribution < 1.29 is 30.0 Å². The molecule has 0 aromatic heterocycles. The molecule has 11 heteroatoms. The van der Waals surface area contributed by atoms with Crippen molar-refractivity contribution in [1.29, 1.82) is 0 Å². The van der Waals surface area contributed by atoms with Crippen molar-refractivity contribution in [1.82, 2.24) is 4.72 Å². The second kappa shape index (κ2) is 9.28. The Kier molecular flexibility index (Phi) is 6.70. The number of benzene rings is 3. The van der Waals surface area contributed by atoms with Crippen molar-refractivity contribution in [3.8, 4) is 11.5 Å². The summed E-state index contributed by atoms with van der Waals surface area (Å²) in [5, 5.41) is 2.35. The zero-order valence-electron chi connectivity index (χ0n) is 17.1. The Morgan fingerprint density at radius 3 is 1.62 bits per heavy atom. The molecule has 2 N–H and O–H groups in total. The van der Waals surface area contributed by atoms with E-state index in [1.807, 2.05) is 18.6 Å². The standard InChI is InChI=1S/C21H20N2O7S2/c1-15-3-9-18(10-4-15)29-32(27,28)30-19-11-7-17(8-12-19)22-21(24)23-31(25,26)20-13-5-16(2)6-14-20/h3-14H,1-2H3,(H2,22,23,24). The van der Waals surface area contributed by atoms with Crippen LogP contribution in [-0.2, 0) is 20.4 Å². The molecule has 0 aliphatic heterocycles. The minimum absolute atomic E-state index is 0.0548. The third-order valence-electron chi connectivity index (χ3n) is 4.09. The highest BCUT2D eigenvalue weighted by atomic mass is 32.3. The molecular formula is C21H20N2O7S2. The predicted molar refractivity (Wildman–Crippen MR) is 118 cm³/mol. The van der Waals surface area contributed by atoms with E-state index in [1.54, 1.807) is 24.3 Å². The molecule has 0 radical (unpaired) electrons. The molecule has 9 nitrogen and oxygen atoms in total. The Labute approximate surface area is 186 Å². The zero-order chi connectivity index (χ0) is 23.4. The van der Waals surface area contributed by atoms with Crippen LogP contribution in [0.15, 0.2) is 77.7 Å². The van der Waals surface area contributed by atoms with E-state index in [4.69, 9.17) is 8.37 Å². The van der Waals surface area contributed by atoms with Crippen LogP contribution in [0.1, 0.15) is 11.1 Å². The van der Waals surface area contributed by atoms with E-state index in [9.17, 15) is 21.6 Å². The Morgan fingerprint density at radius 2 is 1.12 bits per heavy atom. The van der Waals surface area contributed by atoms with Crippen molar-refractivity contribution in [2.75, 3.05) is 5.32 Å². The van der Waals surface area contributed by atoms with Crippen molar-refractivity contribution in [2.24, 2.45) is 0 Å². The van der Waals surface area contributed by atoms with Gasteiger partial charge in [-0.05, 0) is 62.4 Å². The van der Waals surface area contributed by atoms with Crippen LogP contribution < -0.4 is 18.4 Å². The maximum Gasteiger partial charge on any atom is 0.500 e. The fraction of sp³-hybridized carbons (Fsp3) is 0.0952. The van der Waals surface area contributed by atoms with Gasteiger partial charge in [-0.1, -0.05) is 35.4 Å². The fourth-order valence-corrected chi connectivity index (χ4v) is 4.13. The van der Waals surface area contributed by atoms with Crippen LogP contribution in [0.5, 0.6) is 11.5 Å². The summed E-state index contributed by atoms with van der Waals surface area (Å²) < 4.78 is 60.2. The number of anilines is 1. The van der Waals surface area contributed by atoms with E-state index in [0.717, 1.165) is 11.1 Å². The monoisotopic (exact) mass is 476 g/mol. The van der Waals surface area contributed by atoms with Crippen LogP contribution in [0.2, 0.25) is 0 Å². The van der Waals surface area contributed by atoms with Crippen molar-refractivity contribution >= 4 is 32.1 Å². The molecule has 3 aromatic rings. The summed E-state index contributed by atoms with van der Waals surface area (Å²) in [4.78, 5) is 12.0. The average molecular weight is 477 g/mol. The number of carbonyl (C=O) groups is 1. The van der Waals surface area contributed by atoms with Gasteiger partial charge in [0.15, 0.2) is 0 Å². The Hall–Kier alpha value is -3.57. The quantitative estimate of drug-likeness (QED) is 0.534. The SMILES string of the molecule is Cc1ccc(OS(=O)(=O)Oc2ccc(NC(=O)NS(=O)(=O)c3ccc(C)cc3)cc2)cc1. The molecule has 168 valence electrons. The van der Waals surface area contributed by atoms with Gasteiger partial charge in [0, 0.05) is 5.69 Å². The Morgan fingerprint density at radius 1 is 0.688 bits per heavy atom. The number of aryl methyl sites for hydroxylation is 2. The van der Waals surface area contributed by atoms with Gasteiger partial charge in [0.1, 0.15) is 11.5 Å². The van der Waals surface area contributed by atoms with E-state index < -0.39 is 26.5 Å². The van der Waals surface area contributed by atoms with Crippen LogP contribution in [0.4, 0.5) is 10.5 Å². The average Bonchev–Trinajstić information content (AvgIpc) is 2.71. The summed E-state index contributed by atoms with van der Waals surface area (Å²) >= 11 is 0. The number of urea groups is 1. The van der Waals surface area contributed by atoms with Gasteiger partial charge in [-0.15, -0.1) is 8.42 Å². The summed E-state index contributed by atoms with van der Waals surface area (Å²) in [6.07, 6.45) is 0. The first kappa shape index (κ1) is 23.1. The van der Waals surface area contributed by atoms with Gasteiger partial charge in [0.2, 0.25) is 0 Å². The van der Waals surface area contributed by atoms with Crippen LogP contribution in [-0.4, -0.2) is 22.9 Å². The molecule has 0 aliphatic rings. The van der Waals surface area contributed by atoms with Gasteiger partial charge in [-0.3, -0.25) is 0 Å². The third-order valence-corrected chi connectivity index (χ3v) is 6.23. The van der Waals surface area contributed by atoms with Gasteiger partial charge in [0.25, 0.3) is 10.0 Å². The number of rotatable bonds is 7. The second-order valence-corrected chi connectivity index (χ2v) is 9.62. The van der Waals surface area contributed by atoms with Gasteiger partial charge in [0.05, 0.1) is 4.90 Å². The minimum Gasteiger partial charge on any atom is -0.353 e. The lowest BCUT2D eigenvalue weighted by Gasteiger charge is -2.10. The van der Waals surface area contributed by atoms with Crippen molar-refractivity contribution in [3.63, 3.8) is 0 Å². The maximum atomic E-state index is 12.3. The summed E-state index contributed by atoms with van der Waals surface area (Å²) in [6.45, 7) is 3.66. The maximum absolute atomic E-state index is 12.3. The van der Waals surface area contributed by atoms with E-state index in [2.05, 4.69) is 5.32 Å². The minimum atomic E-state index is -4.37. The molecule has 2 amide bonds. The molecule has 0 saturated carbocycles. The predicted octanol–water partition coefficient (Wildman–Crippen LogP) is 3.52. The molecule has 0 atom stereocenters. The summed E-state index contributed by atoms with van der Waals surface area (Å²) in [5.41, 5.74) is 2.03. The molecule has 0 saturated heterocycles. The lowest BCUT2D eigenvalue weighted by molar-refractivity contribution is 0.256. The lowest BCUT2D eigenvalue weighted by atomic mass is 10.2. The highest BCUT2D eigenvalue weighted by molar-refractivity contribution is 7.90. The molecule has 3 aromatic carbocycles. The van der Waals surface area contributed by atoms with Crippen LogP contribution in [0, 0.1) is 13.8 Å². The molecular weight excluding hydrogens is 456 g/mol. The first-order valence-corrected chi connectivity index (χ1v) is 12.1. The molecule has 32 heavy (non-hydrogen) atoms. The van der Waals surface area contributed by atoms with Crippen LogP contribution >= 0.6 is 0 Å². The normalized spacial score (nSPS) is 11.4. The topological polar surface area (TPSA) is 128 Å². The number of hydrogen-bond donors (Lipinski definition) is 2. The van der Waals surface area contributed by atoms with E-state index >= 15 is 0 Å². The number of carbonyl (C=O) groups excluding carboxylic acids is 1. The Bertz CT molecular complexity index is 1300. The van der Waals surface area contributed by atoms with E-state index in [-0.39, 0.29) is 22.1 Å².